The Morgan fingerprint density at radius 1 is 0.909 bits per heavy atom. The van der Waals surface area contributed by atoms with Crippen molar-refractivity contribution < 1.29 is 27.3 Å². The summed E-state index contributed by atoms with van der Waals surface area (Å²) in [5.74, 6) is 0.200. The molecule has 1 aromatic carbocycles. The van der Waals surface area contributed by atoms with E-state index in [0.717, 1.165) is 19.3 Å². The molecule has 188 valence electrons. The SMILES string of the molecule is CCCCCCCCCCCCCCCCS(=O)(=O)OCc1cc2c(cc1[N+](=O)[O-])OOC2. The fourth-order valence-electron chi connectivity index (χ4n) is 3.98. The molecule has 0 saturated carbocycles. The van der Waals surface area contributed by atoms with Crippen LogP contribution in [0.3, 0.4) is 0 Å². The molecule has 2 rings (SSSR count). The Balaban J connectivity index is 1.54. The van der Waals surface area contributed by atoms with Gasteiger partial charge < -0.3 is 4.89 Å². The zero-order valence-corrected chi connectivity index (χ0v) is 20.7. The molecule has 0 atom stereocenters. The van der Waals surface area contributed by atoms with E-state index in [1.807, 2.05) is 0 Å². The molecule has 0 spiro atoms. The van der Waals surface area contributed by atoms with Crippen molar-refractivity contribution in [2.24, 2.45) is 0 Å². The van der Waals surface area contributed by atoms with Crippen molar-refractivity contribution in [3.8, 4) is 5.75 Å². The van der Waals surface area contributed by atoms with Crippen molar-refractivity contribution in [3.05, 3.63) is 33.4 Å². The largest absolute Gasteiger partial charge is 0.337 e. The molecule has 0 N–H and O–H groups in total. The third-order valence-electron chi connectivity index (χ3n) is 5.96. The quantitative estimate of drug-likeness (QED) is 0.0701. The number of hydrogen-bond donors (Lipinski definition) is 0. The van der Waals surface area contributed by atoms with E-state index in [1.54, 1.807) is 0 Å². The molecule has 0 radical (unpaired) electrons. The third-order valence-corrected chi connectivity index (χ3v) is 7.23. The van der Waals surface area contributed by atoms with Gasteiger partial charge in [-0.2, -0.15) is 13.3 Å². The van der Waals surface area contributed by atoms with Crippen molar-refractivity contribution in [1.29, 1.82) is 0 Å². The molecular formula is C24H39NO7S. The first-order chi connectivity index (χ1) is 15.9. The van der Waals surface area contributed by atoms with Gasteiger partial charge in [0, 0.05) is 5.56 Å². The van der Waals surface area contributed by atoms with Gasteiger partial charge in [-0.15, -0.1) is 0 Å². The predicted octanol–water partition coefficient (Wildman–Crippen LogP) is 6.75. The van der Waals surface area contributed by atoms with Gasteiger partial charge in [0.25, 0.3) is 15.8 Å². The zero-order chi connectivity index (χ0) is 23.9. The smallest absolute Gasteiger partial charge is 0.278 e. The fraction of sp³-hybridized carbons (Fsp3) is 0.750. The van der Waals surface area contributed by atoms with E-state index < -0.39 is 15.0 Å². The van der Waals surface area contributed by atoms with Crippen LogP contribution in [0, 0.1) is 10.1 Å². The Kier molecular flexibility index (Phi) is 12.7. The highest BCUT2D eigenvalue weighted by Gasteiger charge is 2.24. The van der Waals surface area contributed by atoms with Crippen LogP contribution in [-0.2, 0) is 32.4 Å². The van der Waals surface area contributed by atoms with E-state index in [0.29, 0.717) is 12.0 Å². The predicted molar refractivity (Wildman–Crippen MR) is 127 cm³/mol. The van der Waals surface area contributed by atoms with Crippen LogP contribution >= 0.6 is 0 Å². The molecule has 0 amide bonds. The number of hydrogen-bond acceptors (Lipinski definition) is 7. The second-order valence-electron chi connectivity index (χ2n) is 8.81. The highest BCUT2D eigenvalue weighted by atomic mass is 32.2. The van der Waals surface area contributed by atoms with Gasteiger partial charge in [-0.05, 0) is 12.5 Å². The Bertz CT molecular complexity index is 826. The van der Waals surface area contributed by atoms with E-state index in [4.69, 9.17) is 14.0 Å². The van der Waals surface area contributed by atoms with Crippen LogP contribution in [0.15, 0.2) is 12.1 Å². The topological polar surface area (TPSA) is 105 Å². The summed E-state index contributed by atoms with van der Waals surface area (Å²) < 4.78 is 29.5. The van der Waals surface area contributed by atoms with E-state index >= 15 is 0 Å². The molecule has 1 aliphatic heterocycles. The fourth-order valence-corrected chi connectivity index (χ4v) is 4.96. The van der Waals surface area contributed by atoms with Crippen molar-refractivity contribution in [2.45, 2.75) is 110 Å². The number of nitro groups is 1. The van der Waals surface area contributed by atoms with Gasteiger partial charge in [0.15, 0.2) is 5.75 Å². The summed E-state index contributed by atoms with van der Waals surface area (Å²) in [6, 6.07) is 2.74. The van der Waals surface area contributed by atoms with E-state index in [-0.39, 0.29) is 36.0 Å². The van der Waals surface area contributed by atoms with Crippen LogP contribution in [0.5, 0.6) is 5.75 Å². The molecule has 0 saturated heterocycles. The van der Waals surface area contributed by atoms with Crippen molar-refractivity contribution in [1.82, 2.24) is 0 Å². The summed E-state index contributed by atoms with van der Waals surface area (Å²) in [6.45, 7) is 2.03. The van der Waals surface area contributed by atoms with Crippen LogP contribution in [-0.4, -0.2) is 19.1 Å². The number of unbranched alkanes of at least 4 members (excludes halogenated alkanes) is 13. The summed E-state index contributed by atoms with van der Waals surface area (Å²) in [7, 11) is -3.74. The highest BCUT2D eigenvalue weighted by Crippen LogP contribution is 2.34. The molecule has 0 aromatic heterocycles. The molecule has 0 fully saturated rings. The van der Waals surface area contributed by atoms with Crippen LogP contribution in [0.2, 0.25) is 0 Å². The summed E-state index contributed by atoms with van der Waals surface area (Å²) in [6.07, 6.45) is 16.7. The summed E-state index contributed by atoms with van der Waals surface area (Å²) >= 11 is 0. The summed E-state index contributed by atoms with van der Waals surface area (Å²) in [4.78, 5) is 20.3. The van der Waals surface area contributed by atoms with Crippen LogP contribution in [0.1, 0.15) is 108 Å². The Morgan fingerprint density at radius 3 is 2.00 bits per heavy atom. The lowest BCUT2D eigenvalue weighted by atomic mass is 10.0. The first kappa shape index (κ1) is 27.5. The summed E-state index contributed by atoms with van der Waals surface area (Å²) in [5.41, 5.74) is 0.576. The van der Waals surface area contributed by atoms with Gasteiger partial charge in [0.2, 0.25) is 0 Å². The van der Waals surface area contributed by atoms with Crippen LogP contribution in [0.4, 0.5) is 5.69 Å². The van der Waals surface area contributed by atoms with Gasteiger partial charge >= 0.3 is 0 Å². The molecule has 0 unspecified atom stereocenters. The van der Waals surface area contributed by atoms with Gasteiger partial charge in [0.1, 0.15) is 6.61 Å². The lowest BCUT2D eigenvalue weighted by Gasteiger charge is -2.07. The van der Waals surface area contributed by atoms with E-state index in [2.05, 4.69) is 6.92 Å². The molecule has 8 nitrogen and oxygen atoms in total. The van der Waals surface area contributed by atoms with Crippen molar-refractivity contribution >= 4 is 15.8 Å². The van der Waals surface area contributed by atoms with E-state index in [1.165, 1.54) is 76.3 Å². The zero-order valence-electron chi connectivity index (χ0n) is 19.9. The number of fused-ring (bicyclic) bond motifs is 1. The number of rotatable bonds is 19. The molecular weight excluding hydrogens is 446 g/mol. The van der Waals surface area contributed by atoms with Gasteiger partial charge in [-0.25, -0.2) is 0 Å². The van der Waals surface area contributed by atoms with Crippen LogP contribution in [0.25, 0.3) is 0 Å². The van der Waals surface area contributed by atoms with Crippen molar-refractivity contribution in [3.63, 3.8) is 0 Å². The third kappa shape index (κ3) is 10.8. The number of nitro benzene ring substituents is 1. The minimum Gasteiger partial charge on any atom is -0.337 e. The highest BCUT2D eigenvalue weighted by molar-refractivity contribution is 7.86. The first-order valence-electron chi connectivity index (χ1n) is 12.4. The first-order valence-corrected chi connectivity index (χ1v) is 14.0. The van der Waals surface area contributed by atoms with Crippen molar-refractivity contribution in [2.75, 3.05) is 5.75 Å². The van der Waals surface area contributed by atoms with Gasteiger partial charge in [-0.1, -0.05) is 90.4 Å². The molecule has 1 aromatic rings. The standard InChI is InChI=1S/C24H39NO7S/c1-2-3-4-5-6-7-8-9-10-11-12-13-14-15-16-33(28,29)31-20-21-17-22-19-30-32-24(22)18-23(21)25(26)27/h17-18H,2-16,19-20H2,1H3. The number of nitrogens with zero attached hydrogens (tertiary/aromatic N) is 1. The minimum absolute atomic E-state index is 0.0734. The molecule has 0 bridgehead atoms. The molecule has 0 aliphatic carbocycles. The molecule has 1 heterocycles. The molecule has 1 aliphatic rings. The van der Waals surface area contributed by atoms with Crippen LogP contribution < -0.4 is 4.89 Å². The maximum absolute atomic E-state index is 12.2. The maximum atomic E-state index is 12.2. The lowest BCUT2D eigenvalue weighted by molar-refractivity contribution is -0.386. The lowest BCUT2D eigenvalue weighted by Crippen LogP contribution is -2.11. The second-order valence-corrected chi connectivity index (χ2v) is 10.6. The maximum Gasteiger partial charge on any atom is 0.278 e. The average molecular weight is 486 g/mol. The second kappa shape index (κ2) is 15.2. The summed E-state index contributed by atoms with van der Waals surface area (Å²) in [5, 5.41) is 11.3. The Labute approximate surface area is 198 Å². The normalized spacial score (nSPS) is 13.1. The molecule has 9 heteroatoms. The van der Waals surface area contributed by atoms with E-state index in [9.17, 15) is 18.5 Å². The average Bonchev–Trinajstić information content (AvgIpc) is 3.25. The Morgan fingerprint density at radius 2 is 1.45 bits per heavy atom. The Hall–Kier alpha value is -1.71. The minimum atomic E-state index is -3.74. The molecule has 33 heavy (non-hydrogen) atoms. The number of benzene rings is 1. The van der Waals surface area contributed by atoms with Gasteiger partial charge in [-0.3, -0.25) is 14.3 Å². The monoisotopic (exact) mass is 485 g/mol. The van der Waals surface area contributed by atoms with Gasteiger partial charge in [0.05, 0.1) is 28.9 Å².